The molecule has 3 heteroatoms. The van der Waals surface area contributed by atoms with Crippen LogP contribution in [0.3, 0.4) is 0 Å². The van der Waals surface area contributed by atoms with Gasteiger partial charge in [0.2, 0.25) is 0 Å². The number of unbranched alkanes of at least 4 members (excludes halogenated alkanes) is 4. The molecule has 0 bridgehead atoms. The highest BCUT2D eigenvalue weighted by molar-refractivity contribution is 5.79. The highest BCUT2D eigenvalue weighted by Gasteiger charge is 2.07. The van der Waals surface area contributed by atoms with E-state index < -0.39 is 0 Å². The topological polar surface area (TPSA) is 42.2 Å². The first-order valence-corrected chi connectivity index (χ1v) is 7.07. The molecule has 2 aromatic rings. The Balaban J connectivity index is 2.15. The number of fused-ring (bicyclic) bond motifs is 1. The summed E-state index contributed by atoms with van der Waals surface area (Å²) in [5.74, 6) is 0. The first kappa shape index (κ1) is 13.7. The molecule has 1 aromatic heterocycles. The van der Waals surface area contributed by atoms with Gasteiger partial charge < -0.3 is 5.21 Å². The minimum atomic E-state index is -0.283. The second kappa shape index (κ2) is 6.41. The van der Waals surface area contributed by atoms with Crippen LogP contribution in [0.25, 0.3) is 10.9 Å². The molecule has 102 valence electrons. The van der Waals surface area contributed by atoms with E-state index in [1.54, 1.807) is 6.07 Å². The van der Waals surface area contributed by atoms with Crippen LogP contribution in [0.1, 0.15) is 44.6 Å². The summed E-state index contributed by atoms with van der Waals surface area (Å²) in [6.07, 6.45) is 6.59. The zero-order valence-electron chi connectivity index (χ0n) is 11.4. The summed E-state index contributed by atoms with van der Waals surface area (Å²) in [6.45, 7) is 2.19. The van der Waals surface area contributed by atoms with Crippen LogP contribution < -0.4 is 5.56 Å². The number of para-hydroxylation sites is 1. The summed E-state index contributed by atoms with van der Waals surface area (Å²) in [7, 11) is 0. The molecule has 3 nitrogen and oxygen atoms in total. The van der Waals surface area contributed by atoms with Gasteiger partial charge in [-0.1, -0.05) is 50.8 Å². The summed E-state index contributed by atoms with van der Waals surface area (Å²) in [5.41, 5.74) is 0.995. The Hall–Kier alpha value is -1.77. The first-order valence-electron chi connectivity index (χ1n) is 7.07. The molecule has 1 N–H and O–H groups in total. The fourth-order valence-corrected chi connectivity index (χ4v) is 2.40. The van der Waals surface area contributed by atoms with E-state index in [1.165, 1.54) is 19.3 Å². The molecule has 0 radical (unpaired) electrons. The van der Waals surface area contributed by atoms with Gasteiger partial charge in [0.05, 0.1) is 5.52 Å². The van der Waals surface area contributed by atoms with Crippen molar-refractivity contribution < 1.29 is 5.21 Å². The Morgan fingerprint density at radius 1 is 1.11 bits per heavy atom. The van der Waals surface area contributed by atoms with Gasteiger partial charge in [-0.15, -0.1) is 4.73 Å². The van der Waals surface area contributed by atoms with E-state index in [9.17, 15) is 10.0 Å². The SMILES string of the molecule is CCCCCCCc1cc2ccccc2n(O)c1=O. The number of aryl methyl sites for hydroxylation is 1. The molecule has 2 rings (SSSR count). The maximum atomic E-state index is 12.0. The summed E-state index contributed by atoms with van der Waals surface area (Å²) in [5, 5.41) is 10.8. The standard InChI is InChI=1S/C16H21NO2/c1-2-3-4-5-6-10-14-12-13-9-7-8-11-15(13)17(19)16(14)18/h7-9,11-12,19H,2-6,10H2,1H3. The average molecular weight is 259 g/mol. The highest BCUT2D eigenvalue weighted by atomic mass is 16.5. The molecule has 0 aliphatic heterocycles. The molecule has 0 amide bonds. The summed E-state index contributed by atoms with van der Waals surface area (Å²) in [4.78, 5) is 12.0. The van der Waals surface area contributed by atoms with Crippen molar-refractivity contribution in [1.29, 1.82) is 0 Å². The largest absolute Gasteiger partial charge is 0.425 e. The van der Waals surface area contributed by atoms with Crippen LogP contribution in [0, 0.1) is 0 Å². The number of rotatable bonds is 6. The minimum absolute atomic E-state index is 0.283. The number of hydrogen-bond acceptors (Lipinski definition) is 2. The summed E-state index contributed by atoms with van der Waals surface area (Å²) >= 11 is 0. The van der Waals surface area contributed by atoms with Crippen molar-refractivity contribution in [3.8, 4) is 0 Å². The molecular formula is C16H21NO2. The lowest BCUT2D eigenvalue weighted by Gasteiger charge is -2.07. The van der Waals surface area contributed by atoms with E-state index in [-0.39, 0.29) is 5.56 Å². The number of aromatic nitrogens is 1. The molecule has 0 saturated carbocycles. The molecule has 0 fully saturated rings. The van der Waals surface area contributed by atoms with Crippen LogP contribution in [-0.2, 0) is 6.42 Å². The summed E-state index contributed by atoms with van der Waals surface area (Å²) in [6, 6.07) is 9.31. The van der Waals surface area contributed by atoms with E-state index in [4.69, 9.17) is 0 Å². The molecule has 0 spiro atoms. The van der Waals surface area contributed by atoms with Gasteiger partial charge in [0, 0.05) is 10.9 Å². The maximum absolute atomic E-state index is 12.0. The fourth-order valence-electron chi connectivity index (χ4n) is 2.40. The van der Waals surface area contributed by atoms with Crippen LogP contribution in [0.15, 0.2) is 35.1 Å². The van der Waals surface area contributed by atoms with Gasteiger partial charge in [-0.05, 0) is 25.0 Å². The molecular weight excluding hydrogens is 238 g/mol. The van der Waals surface area contributed by atoms with E-state index in [2.05, 4.69) is 6.92 Å². The van der Waals surface area contributed by atoms with Crippen molar-refractivity contribution in [1.82, 2.24) is 4.73 Å². The molecule has 19 heavy (non-hydrogen) atoms. The number of pyridine rings is 1. The van der Waals surface area contributed by atoms with Crippen molar-refractivity contribution in [3.63, 3.8) is 0 Å². The fraction of sp³-hybridized carbons (Fsp3) is 0.438. The third-order valence-corrected chi connectivity index (χ3v) is 3.51. The molecule has 1 heterocycles. The lowest BCUT2D eigenvalue weighted by Crippen LogP contribution is -2.22. The molecule has 0 saturated heterocycles. The normalized spacial score (nSPS) is 11.0. The Kier molecular flexibility index (Phi) is 4.61. The first-order chi connectivity index (χ1) is 9.24. The van der Waals surface area contributed by atoms with Crippen molar-refractivity contribution in [3.05, 3.63) is 46.2 Å². The quantitative estimate of drug-likeness (QED) is 0.634. The van der Waals surface area contributed by atoms with Crippen molar-refractivity contribution in [2.75, 3.05) is 0 Å². The van der Waals surface area contributed by atoms with Crippen molar-refractivity contribution in [2.45, 2.75) is 45.4 Å². The van der Waals surface area contributed by atoms with E-state index in [0.717, 1.165) is 29.4 Å². The maximum Gasteiger partial charge on any atom is 0.286 e. The molecule has 0 aliphatic rings. The highest BCUT2D eigenvalue weighted by Crippen LogP contribution is 2.14. The third-order valence-electron chi connectivity index (χ3n) is 3.51. The van der Waals surface area contributed by atoms with Gasteiger partial charge in [-0.3, -0.25) is 4.79 Å². The smallest absolute Gasteiger partial charge is 0.286 e. The van der Waals surface area contributed by atoms with E-state index in [0.29, 0.717) is 11.1 Å². The second-order valence-electron chi connectivity index (χ2n) is 5.01. The van der Waals surface area contributed by atoms with Crippen LogP contribution in [-0.4, -0.2) is 9.94 Å². The van der Waals surface area contributed by atoms with Crippen molar-refractivity contribution in [2.24, 2.45) is 0 Å². The van der Waals surface area contributed by atoms with E-state index in [1.807, 2.05) is 24.3 Å². The van der Waals surface area contributed by atoms with Crippen LogP contribution in [0.5, 0.6) is 0 Å². The Labute approximate surface area is 113 Å². The van der Waals surface area contributed by atoms with Gasteiger partial charge >= 0.3 is 0 Å². The molecule has 0 aliphatic carbocycles. The predicted molar refractivity (Wildman–Crippen MR) is 77.9 cm³/mol. The third kappa shape index (κ3) is 3.16. The second-order valence-corrected chi connectivity index (χ2v) is 5.01. The predicted octanol–water partition coefficient (Wildman–Crippen LogP) is 3.75. The molecule has 0 unspecified atom stereocenters. The molecule has 0 atom stereocenters. The lowest BCUT2D eigenvalue weighted by molar-refractivity contribution is 0.187. The monoisotopic (exact) mass is 259 g/mol. The lowest BCUT2D eigenvalue weighted by atomic mass is 10.0. The number of nitrogens with zero attached hydrogens (tertiary/aromatic N) is 1. The van der Waals surface area contributed by atoms with Gasteiger partial charge in [0.25, 0.3) is 5.56 Å². The van der Waals surface area contributed by atoms with Crippen molar-refractivity contribution >= 4 is 10.9 Å². The van der Waals surface area contributed by atoms with Crippen LogP contribution in [0.2, 0.25) is 0 Å². The van der Waals surface area contributed by atoms with Gasteiger partial charge in [-0.25, -0.2) is 0 Å². The number of hydrogen-bond donors (Lipinski definition) is 1. The zero-order chi connectivity index (χ0) is 13.7. The molecule has 1 aromatic carbocycles. The minimum Gasteiger partial charge on any atom is -0.425 e. The van der Waals surface area contributed by atoms with Crippen LogP contribution >= 0.6 is 0 Å². The van der Waals surface area contributed by atoms with Crippen LogP contribution in [0.4, 0.5) is 0 Å². The van der Waals surface area contributed by atoms with Gasteiger partial charge in [0.15, 0.2) is 0 Å². The Morgan fingerprint density at radius 2 is 1.84 bits per heavy atom. The average Bonchev–Trinajstić information content (AvgIpc) is 2.44. The number of benzene rings is 1. The van der Waals surface area contributed by atoms with Gasteiger partial charge in [-0.2, -0.15) is 0 Å². The Bertz CT molecular complexity index is 601. The van der Waals surface area contributed by atoms with Gasteiger partial charge in [0.1, 0.15) is 0 Å². The zero-order valence-corrected chi connectivity index (χ0v) is 11.4. The van der Waals surface area contributed by atoms with E-state index >= 15 is 0 Å². The Morgan fingerprint density at radius 3 is 2.63 bits per heavy atom. The summed E-state index contributed by atoms with van der Waals surface area (Å²) < 4.78 is 0.775.